The number of nitrogens with zero attached hydrogens (tertiary/aromatic N) is 1. The Balaban J connectivity index is 1.78. The van der Waals surface area contributed by atoms with Crippen LogP contribution >= 0.6 is 0 Å². The average Bonchev–Trinajstić information content (AvgIpc) is 3.10. The summed E-state index contributed by atoms with van der Waals surface area (Å²) in [6.07, 6.45) is 1.77. The Bertz CT molecular complexity index is 814. The van der Waals surface area contributed by atoms with Crippen LogP contribution in [0.2, 0.25) is 0 Å². The van der Waals surface area contributed by atoms with E-state index < -0.39 is 0 Å². The lowest BCUT2D eigenvalue weighted by Gasteiger charge is -2.33. The predicted molar refractivity (Wildman–Crippen MR) is 81.1 cm³/mol. The van der Waals surface area contributed by atoms with E-state index in [1.807, 2.05) is 24.3 Å². The van der Waals surface area contributed by atoms with Crippen LogP contribution < -0.4 is 9.47 Å². The van der Waals surface area contributed by atoms with E-state index in [-0.39, 0.29) is 5.41 Å². The number of benzene rings is 2. The Labute approximate surface area is 128 Å². The van der Waals surface area contributed by atoms with E-state index in [1.54, 1.807) is 0 Å². The normalized spacial score (nSPS) is 24.5. The lowest BCUT2D eigenvalue weighted by molar-refractivity contribution is -0.459. The minimum absolute atomic E-state index is 0.246. The Morgan fingerprint density at radius 1 is 1.00 bits per heavy atom. The van der Waals surface area contributed by atoms with Gasteiger partial charge in [-0.15, -0.1) is 0 Å². The molecule has 0 aliphatic carbocycles. The van der Waals surface area contributed by atoms with E-state index >= 15 is 0 Å². The van der Waals surface area contributed by atoms with Gasteiger partial charge in [0.2, 0.25) is 6.54 Å². The first-order chi connectivity index (χ1) is 10.8. The molecule has 0 bridgehead atoms. The van der Waals surface area contributed by atoms with Crippen molar-refractivity contribution in [3.05, 3.63) is 58.0 Å². The molecule has 110 valence electrons. The molecule has 4 nitrogen and oxygen atoms in total. The summed E-state index contributed by atoms with van der Waals surface area (Å²) in [7, 11) is 0. The summed E-state index contributed by atoms with van der Waals surface area (Å²) < 4.78 is 12.7. The van der Waals surface area contributed by atoms with Gasteiger partial charge in [0.25, 0.3) is 5.69 Å². The summed E-state index contributed by atoms with van der Waals surface area (Å²) in [6, 6.07) is 12.2. The minimum atomic E-state index is -0.246. The number of rotatable bonds is 0. The molecule has 1 atom stereocenters. The van der Waals surface area contributed by atoms with Crippen molar-refractivity contribution in [2.75, 3.05) is 19.8 Å². The van der Waals surface area contributed by atoms with E-state index in [0.717, 1.165) is 52.5 Å². The first kappa shape index (κ1) is 12.2. The Morgan fingerprint density at radius 3 is 2.82 bits per heavy atom. The second-order valence-electron chi connectivity index (χ2n) is 6.29. The lowest BCUT2D eigenvalue weighted by atomic mass is 9.72. The third kappa shape index (κ3) is 1.42. The van der Waals surface area contributed by atoms with Crippen LogP contribution in [0, 0.1) is 4.91 Å². The van der Waals surface area contributed by atoms with Crippen LogP contribution in [0.4, 0.5) is 5.69 Å². The van der Waals surface area contributed by atoms with Gasteiger partial charge in [-0.3, -0.25) is 0 Å². The van der Waals surface area contributed by atoms with Crippen LogP contribution in [0.3, 0.4) is 0 Å². The molecule has 0 aromatic heterocycles. The fourth-order valence-electron chi connectivity index (χ4n) is 4.13. The van der Waals surface area contributed by atoms with Crippen molar-refractivity contribution in [2.24, 2.45) is 0 Å². The fourth-order valence-corrected chi connectivity index (χ4v) is 4.13. The first-order valence-electron chi connectivity index (χ1n) is 7.75. The molecular formula is C18H16NO3+. The molecule has 3 aliphatic heterocycles. The topological polar surface area (TPSA) is 38.5 Å². The molecule has 3 heterocycles. The molecule has 0 radical (unpaired) electrons. The molecule has 0 saturated carbocycles. The van der Waals surface area contributed by atoms with Crippen LogP contribution in [0.1, 0.15) is 23.1 Å². The molecule has 2 aromatic carbocycles. The quantitative estimate of drug-likeness (QED) is 0.701. The van der Waals surface area contributed by atoms with Gasteiger partial charge in [-0.1, -0.05) is 18.2 Å². The maximum atomic E-state index is 12.4. The molecule has 1 spiro atoms. The SMILES string of the molecule is O=[N+]1CC2(CCOc3cc4c(cc32)CCO4)c2ccccc21. The van der Waals surface area contributed by atoms with E-state index in [9.17, 15) is 4.91 Å². The molecule has 3 aliphatic rings. The fraction of sp³-hybridized carbons (Fsp3) is 0.333. The largest absolute Gasteiger partial charge is 0.493 e. The van der Waals surface area contributed by atoms with Crippen molar-refractivity contribution in [2.45, 2.75) is 18.3 Å². The van der Waals surface area contributed by atoms with Gasteiger partial charge in [0.15, 0.2) is 0 Å². The zero-order valence-corrected chi connectivity index (χ0v) is 12.2. The van der Waals surface area contributed by atoms with Gasteiger partial charge in [0, 0.05) is 45.8 Å². The molecule has 5 rings (SSSR count). The predicted octanol–water partition coefficient (Wildman–Crippen LogP) is 3.11. The molecule has 1 unspecified atom stereocenters. The van der Waals surface area contributed by atoms with Gasteiger partial charge in [-0.2, -0.15) is 0 Å². The third-order valence-electron chi connectivity index (χ3n) is 5.20. The van der Waals surface area contributed by atoms with Crippen LogP contribution in [0.5, 0.6) is 11.5 Å². The van der Waals surface area contributed by atoms with Crippen molar-refractivity contribution in [3.8, 4) is 11.5 Å². The van der Waals surface area contributed by atoms with Crippen molar-refractivity contribution < 1.29 is 14.2 Å². The highest BCUT2D eigenvalue weighted by Crippen LogP contribution is 2.52. The number of ether oxygens (including phenoxy) is 2. The van der Waals surface area contributed by atoms with Gasteiger partial charge in [-0.05, 0) is 11.6 Å². The number of fused-ring (bicyclic) bond motifs is 5. The number of hydrogen-bond donors (Lipinski definition) is 0. The van der Waals surface area contributed by atoms with E-state index in [4.69, 9.17) is 9.47 Å². The highest BCUT2D eigenvalue weighted by molar-refractivity contribution is 5.61. The van der Waals surface area contributed by atoms with Crippen molar-refractivity contribution >= 4 is 5.69 Å². The molecule has 0 fully saturated rings. The summed E-state index contributed by atoms with van der Waals surface area (Å²) in [5, 5.41) is 0. The molecule has 22 heavy (non-hydrogen) atoms. The molecule has 4 heteroatoms. The maximum Gasteiger partial charge on any atom is 0.260 e. The Hall–Kier alpha value is -2.36. The van der Waals surface area contributed by atoms with E-state index in [2.05, 4.69) is 12.1 Å². The van der Waals surface area contributed by atoms with Crippen LogP contribution in [-0.2, 0) is 11.8 Å². The zero-order valence-electron chi connectivity index (χ0n) is 12.2. The maximum absolute atomic E-state index is 12.4. The zero-order chi connectivity index (χ0) is 14.7. The summed E-state index contributed by atoms with van der Waals surface area (Å²) >= 11 is 0. The van der Waals surface area contributed by atoms with E-state index in [0.29, 0.717) is 13.2 Å². The van der Waals surface area contributed by atoms with Crippen molar-refractivity contribution in [1.29, 1.82) is 0 Å². The Kier molecular flexibility index (Phi) is 2.27. The molecule has 2 aromatic rings. The average molecular weight is 294 g/mol. The number of nitroso groups, excluding NO2 is 1. The second-order valence-corrected chi connectivity index (χ2v) is 6.29. The van der Waals surface area contributed by atoms with Gasteiger partial charge in [-0.25, -0.2) is 0 Å². The lowest BCUT2D eigenvalue weighted by Crippen LogP contribution is -2.36. The van der Waals surface area contributed by atoms with Crippen molar-refractivity contribution in [3.63, 3.8) is 0 Å². The van der Waals surface area contributed by atoms with Gasteiger partial charge < -0.3 is 9.47 Å². The smallest absolute Gasteiger partial charge is 0.260 e. The molecule has 0 saturated heterocycles. The summed E-state index contributed by atoms with van der Waals surface area (Å²) in [6.45, 7) is 1.84. The second kappa shape index (κ2) is 4.09. The third-order valence-corrected chi connectivity index (χ3v) is 5.20. The summed E-state index contributed by atoms with van der Waals surface area (Å²) in [5.41, 5.74) is 4.06. The van der Waals surface area contributed by atoms with Gasteiger partial charge in [0.1, 0.15) is 11.5 Å². The Morgan fingerprint density at radius 2 is 1.86 bits per heavy atom. The van der Waals surface area contributed by atoms with Gasteiger partial charge in [0.05, 0.1) is 18.6 Å². The molecule has 0 N–H and O–H groups in total. The summed E-state index contributed by atoms with van der Waals surface area (Å²) in [4.78, 5) is 12.4. The van der Waals surface area contributed by atoms with Crippen LogP contribution in [-0.4, -0.2) is 24.5 Å². The summed E-state index contributed by atoms with van der Waals surface area (Å²) in [5.74, 6) is 1.80. The minimum Gasteiger partial charge on any atom is -0.493 e. The molecular weight excluding hydrogens is 278 g/mol. The van der Waals surface area contributed by atoms with E-state index in [1.165, 1.54) is 5.56 Å². The highest BCUT2D eigenvalue weighted by Gasteiger charge is 2.53. The highest BCUT2D eigenvalue weighted by atomic mass is 16.5. The monoisotopic (exact) mass is 294 g/mol. The number of para-hydroxylation sites is 1. The van der Waals surface area contributed by atoms with Crippen molar-refractivity contribution in [1.82, 2.24) is 0 Å². The van der Waals surface area contributed by atoms with Crippen LogP contribution in [0.25, 0.3) is 0 Å². The molecule has 0 amide bonds. The number of hydrogen-bond acceptors (Lipinski definition) is 3. The van der Waals surface area contributed by atoms with Crippen LogP contribution in [0.15, 0.2) is 36.4 Å². The van der Waals surface area contributed by atoms with Gasteiger partial charge >= 0.3 is 0 Å². The standard InChI is InChI=1S/C18H16NO3/c20-19-11-18(13-3-1-2-4-15(13)19)6-8-22-17-10-16-12(5-7-21-16)9-14(17)18/h1-4,9-10H,5-8,11H2/q+1. The first-order valence-corrected chi connectivity index (χ1v) is 7.75.